The fourth-order valence-corrected chi connectivity index (χ4v) is 5.06. The van der Waals surface area contributed by atoms with Crippen LogP contribution in [0.15, 0.2) is 0 Å². The van der Waals surface area contributed by atoms with Crippen molar-refractivity contribution in [3.05, 3.63) is 0 Å². The second kappa shape index (κ2) is 28.1. The molecule has 5 nitrogen and oxygen atoms in total. The van der Waals surface area contributed by atoms with E-state index in [0.717, 1.165) is 71.0 Å². The lowest BCUT2D eigenvalue weighted by Gasteiger charge is -2.21. The summed E-state index contributed by atoms with van der Waals surface area (Å²) in [5.41, 5.74) is 0. The average Bonchev–Trinajstić information content (AvgIpc) is 2.87. The molecule has 37 heavy (non-hydrogen) atoms. The zero-order valence-electron chi connectivity index (χ0n) is 25.1. The van der Waals surface area contributed by atoms with Gasteiger partial charge in [0, 0.05) is 19.4 Å². The van der Waals surface area contributed by atoms with Crippen LogP contribution in [0.3, 0.4) is 0 Å². The molecule has 0 saturated heterocycles. The van der Waals surface area contributed by atoms with E-state index < -0.39 is 0 Å². The van der Waals surface area contributed by atoms with Crippen LogP contribution in [0.1, 0.15) is 156 Å². The molecule has 0 atom stereocenters. The Hall–Kier alpha value is -0.940. The van der Waals surface area contributed by atoms with Crippen LogP contribution in [0.4, 0.5) is 0 Å². The Balaban J connectivity index is 3.78. The summed E-state index contributed by atoms with van der Waals surface area (Å²) in [5, 5.41) is 9.36. The van der Waals surface area contributed by atoms with Crippen LogP contribution in [0.25, 0.3) is 0 Å². The topological polar surface area (TPSA) is 66.8 Å². The monoisotopic (exact) mass is 525 g/mol. The molecule has 0 aromatic heterocycles. The molecule has 0 unspecified atom stereocenters. The van der Waals surface area contributed by atoms with Crippen molar-refractivity contribution in [3.8, 4) is 0 Å². The molecule has 0 radical (unpaired) electrons. The quantitative estimate of drug-likeness (QED) is 0.0786. The van der Waals surface area contributed by atoms with E-state index in [-0.39, 0.29) is 12.6 Å². The van der Waals surface area contributed by atoms with E-state index in [1.165, 1.54) is 77.0 Å². The molecule has 0 aliphatic carbocycles. The number of carbonyl (C=O) groups excluding carboxylic acids is 2. The largest absolute Gasteiger partial charge is 0.466 e. The Kier molecular flexibility index (Phi) is 27.4. The standard InChI is InChI=1S/C32H63NO4/c1-4-6-14-21-31(22-15-7-5-2)24-29-37-32(36)23-17-11-9-13-19-26-33(27-28-34)25-18-12-8-10-16-20-30(3)35/h31,34H,4-29H2,1-3H3. The van der Waals surface area contributed by atoms with Crippen molar-refractivity contribution in [1.82, 2.24) is 4.90 Å². The normalized spacial score (nSPS) is 11.5. The number of nitrogens with zero attached hydrogens (tertiary/aromatic N) is 1. The molecule has 220 valence electrons. The lowest BCUT2D eigenvalue weighted by molar-refractivity contribution is -0.144. The van der Waals surface area contributed by atoms with Gasteiger partial charge in [-0.3, -0.25) is 4.79 Å². The van der Waals surface area contributed by atoms with Crippen molar-refractivity contribution in [1.29, 1.82) is 0 Å². The molecule has 0 saturated carbocycles. The van der Waals surface area contributed by atoms with E-state index in [4.69, 9.17) is 4.74 Å². The van der Waals surface area contributed by atoms with Crippen LogP contribution in [0, 0.1) is 5.92 Å². The van der Waals surface area contributed by atoms with Gasteiger partial charge in [-0.2, -0.15) is 0 Å². The minimum Gasteiger partial charge on any atom is -0.466 e. The highest BCUT2D eigenvalue weighted by Crippen LogP contribution is 2.21. The fourth-order valence-electron chi connectivity index (χ4n) is 5.06. The summed E-state index contributed by atoms with van der Waals surface area (Å²) in [6, 6.07) is 0. The smallest absolute Gasteiger partial charge is 0.305 e. The highest BCUT2D eigenvalue weighted by atomic mass is 16.5. The summed E-state index contributed by atoms with van der Waals surface area (Å²) >= 11 is 0. The van der Waals surface area contributed by atoms with E-state index in [2.05, 4.69) is 18.7 Å². The third-order valence-corrected chi connectivity index (χ3v) is 7.50. The molecule has 0 aromatic rings. The molecule has 0 heterocycles. The number of unbranched alkanes of at least 4 members (excludes halogenated alkanes) is 12. The van der Waals surface area contributed by atoms with Crippen molar-refractivity contribution in [2.45, 2.75) is 156 Å². The van der Waals surface area contributed by atoms with Crippen molar-refractivity contribution in [2.75, 3.05) is 32.8 Å². The molecule has 5 heteroatoms. The van der Waals surface area contributed by atoms with Gasteiger partial charge in [0.25, 0.3) is 0 Å². The number of ketones is 1. The zero-order chi connectivity index (χ0) is 27.4. The van der Waals surface area contributed by atoms with E-state index in [0.29, 0.717) is 24.7 Å². The predicted molar refractivity (Wildman–Crippen MR) is 157 cm³/mol. The molecular formula is C32H63NO4. The molecule has 0 spiro atoms. The van der Waals surface area contributed by atoms with E-state index in [1.54, 1.807) is 6.92 Å². The Morgan fingerprint density at radius 3 is 1.68 bits per heavy atom. The van der Waals surface area contributed by atoms with Crippen molar-refractivity contribution in [2.24, 2.45) is 5.92 Å². The Morgan fingerprint density at radius 2 is 1.16 bits per heavy atom. The van der Waals surface area contributed by atoms with Crippen molar-refractivity contribution < 1.29 is 19.4 Å². The minimum absolute atomic E-state index is 0.0173. The Labute approximate surface area is 230 Å². The molecular weight excluding hydrogens is 462 g/mol. The molecule has 0 fully saturated rings. The van der Waals surface area contributed by atoms with Gasteiger partial charge in [0.1, 0.15) is 5.78 Å². The third-order valence-electron chi connectivity index (χ3n) is 7.50. The summed E-state index contributed by atoms with van der Waals surface area (Å²) in [6.45, 7) is 9.85. The molecule has 0 amide bonds. The highest BCUT2D eigenvalue weighted by molar-refractivity contribution is 5.75. The molecule has 0 aromatic carbocycles. The van der Waals surface area contributed by atoms with E-state index in [1.807, 2.05) is 0 Å². The second-order valence-electron chi connectivity index (χ2n) is 11.2. The fraction of sp³-hybridized carbons (Fsp3) is 0.938. The number of hydrogen-bond acceptors (Lipinski definition) is 5. The number of aliphatic hydroxyl groups is 1. The van der Waals surface area contributed by atoms with Crippen LogP contribution in [0.2, 0.25) is 0 Å². The van der Waals surface area contributed by atoms with Crippen molar-refractivity contribution >= 4 is 11.8 Å². The van der Waals surface area contributed by atoms with Gasteiger partial charge in [-0.25, -0.2) is 0 Å². The van der Waals surface area contributed by atoms with Gasteiger partial charge in [-0.05, 0) is 58.0 Å². The molecule has 0 bridgehead atoms. The number of carbonyl (C=O) groups is 2. The Bertz CT molecular complexity index is 501. The molecule has 0 rings (SSSR count). The maximum absolute atomic E-state index is 12.1. The number of rotatable bonds is 29. The first kappa shape index (κ1) is 36.1. The SMILES string of the molecule is CCCCCC(CCCCC)CCOC(=O)CCCCCCCN(CCO)CCCCCCCC(C)=O. The van der Waals surface area contributed by atoms with Gasteiger partial charge in [0.05, 0.1) is 13.2 Å². The minimum atomic E-state index is -0.0173. The number of esters is 1. The highest BCUT2D eigenvalue weighted by Gasteiger charge is 2.11. The number of hydrogen-bond donors (Lipinski definition) is 1. The van der Waals surface area contributed by atoms with Crippen LogP contribution < -0.4 is 0 Å². The van der Waals surface area contributed by atoms with Gasteiger partial charge >= 0.3 is 5.97 Å². The molecule has 0 aliphatic rings. The van der Waals surface area contributed by atoms with Crippen LogP contribution in [-0.4, -0.2) is 54.6 Å². The van der Waals surface area contributed by atoms with Crippen LogP contribution in [-0.2, 0) is 14.3 Å². The first-order chi connectivity index (χ1) is 18.0. The zero-order valence-corrected chi connectivity index (χ0v) is 25.1. The first-order valence-corrected chi connectivity index (χ1v) is 16.0. The summed E-state index contributed by atoms with van der Waals surface area (Å²) < 4.78 is 5.57. The summed E-state index contributed by atoms with van der Waals surface area (Å²) in [7, 11) is 0. The van der Waals surface area contributed by atoms with E-state index >= 15 is 0 Å². The summed E-state index contributed by atoms with van der Waals surface area (Å²) in [4.78, 5) is 25.5. The van der Waals surface area contributed by atoms with Crippen LogP contribution >= 0.6 is 0 Å². The van der Waals surface area contributed by atoms with Gasteiger partial charge in [0.2, 0.25) is 0 Å². The lowest BCUT2D eigenvalue weighted by atomic mass is 9.92. The van der Waals surface area contributed by atoms with Gasteiger partial charge in [0.15, 0.2) is 0 Å². The number of aliphatic hydroxyl groups excluding tert-OH is 1. The van der Waals surface area contributed by atoms with Crippen LogP contribution in [0.5, 0.6) is 0 Å². The second-order valence-corrected chi connectivity index (χ2v) is 11.2. The van der Waals surface area contributed by atoms with E-state index in [9.17, 15) is 14.7 Å². The third kappa shape index (κ3) is 26.5. The summed E-state index contributed by atoms with van der Waals surface area (Å²) in [6.07, 6.45) is 23.9. The molecule has 0 aliphatic heterocycles. The number of ether oxygens (including phenoxy) is 1. The summed E-state index contributed by atoms with van der Waals surface area (Å²) in [5.74, 6) is 0.995. The maximum atomic E-state index is 12.1. The first-order valence-electron chi connectivity index (χ1n) is 16.0. The Morgan fingerprint density at radius 1 is 0.649 bits per heavy atom. The van der Waals surface area contributed by atoms with Gasteiger partial charge in [-0.15, -0.1) is 0 Å². The van der Waals surface area contributed by atoms with Gasteiger partial charge < -0.3 is 19.5 Å². The number of Topliss-reactive ketones (excluding diaryl/α,β-unsaturated/α-hetero) is 1. The van der Waals surface area contributed by atoms with Crippen molar-refractivity contribution in [3.63, 3.8) is 0 Å². The van der Waals surface area contributed by atoms with Gasteiger partial charge in [-0.1, -0.05) is 104 Å². The lowest BCUT2D eigenvalue weighted by Crippen LogP contribution is -2.29. The predicted octanol–water partition coefficient (Wildman–Crippen LogP) is 8.26. The average molecular weight is 526 g/mol. The molecule has 1 N–H and O–H groups in total. The maximum Gasteiger partial charge on any atom is 0.305 e.